The van der Waals surface area contributed by atoms with E-state index in [1.54, 1.807) is 4.90 Å². The summed E-state index contributed by atoms with van der Waals surface area (Å²) in [6.07, 6.45) is 1.89. The highest BCUT2D eigenvalue weighted by atomic mass is 32.2. The van der Waals surface area contributed by atoms with Gasteiger partial charge in [0.25, 0.3) is 15.9 Å². The number of carbonyl (C=O) groups is 1. The molecule has 2 N–H and O–H groups in total. The summed E-state index contributed by atoms with van der Waals surface area (Å²) in [5.41, 5.74) is 0. The first-order valence-electron chi connectivity index (χ1n) is 7.51. The highest BCUT2D eigenvalue weighted by Crippen LogP contribution is 2.20. The van der Waals surface area contributed by atoms with Crippen molar-refractivity contribution in [2.24, 2.45) is 5.92 Å². The smallest absolute Gasteiger partial charge is 0.289 e. The first kappa shape index (κ1) is 17.0. The van der Waals surface area contributed by atoms with E-state index in [0.29, 0.717) is 19.0 Å². The number of furan rings is 1. The van der Waals surface area contributed by atoms with Crippen molar-refractivity contribution in [3.63, 3.8) is 0 Å². The lowest BCUT2D eigenvalue weighted by Crippen LogP contribution is -2.40. The van der Waals surface area contributed by atoms with Gasteiger partial charge in [-0.05, 0) is 51.0 Å². The van der Waals surface area contributed by atoms with Crippen LogP contribution in [0.3, 0.4) is 0 Å². The maximum absolute atomic E-state index is 12.4. The molecule has 1 aliphatic heterocycles. The molecule has 0 saturated carbocycles. The minimum atomic E-state index is -3.66. The molecule has 0 aliphatic carbocycles. The Labute approximate surface area is 131 Å². The molecule has 1 amide bonds. The van der Waals surface area contributed by atoms with E-state index < -0.39 is 10.0 Å². The molecule has 0 bridgehead atoms. The van der Waals surface area contributed by atoms with Crippen molar-refractivity contribution in [2.75, 3.05) is 33.2 Å². The van der Waals surface area contributed by atoms with Gasteiger partial charge in [-0.3, -0.25) is 4.79 Å². The Balaban J connectivity index is 1.96. The molecule has 7 nitrogen and oxygen atoms in total. The van der Waals surface area contributed by atoms with Gasteiger partial charge in [0.15, 0.2) is 5.76 Å². The molecule has 0 unspecified atom stereocenters. The molecule has 1 fully saturated rings. The molecule has 0 radical (unpaired) electrons. The van der Waals surface area contributed by atoms with Crippen molar-refractivity contribution >= 4 is 15.9 Å². The number of hydrogen-bond donors (Lipinski definition) is 2. The van der Waals surface area contributed by atoms with E-state index in [1.807, 2.05) is 0 Å². The highest BCUT2D eigenvalue weighted by Gasteiger charge is 2.26. The Hall–Kier alpha value is -1.38. The first-order chi connectivity index (χ1) is 10.5. The Kier molecular flexibility index (Phi) is 5.60. The van der Waals surface area contributed by atoms with Gasteiger partial charge < -0.3 is 14.6 Å². The molecule has 1 aromatic rings. The van der Waals surface area contributed by atoms with E-state index >= 15 is 0 Å². The SMILES string of the molecule is CCNCC1CCN(C(=O)c2ccc(S(=O)(=O)NC)o2)CC1. The molecular weight excluding hydrogens is 306 g/mol. The maximum Gasteiger partial charge on any atom is 0.289 e. The van der Waals surface area contributed by atoms with Crippen LogP contribution in [0.1, 0.15) is 30.3 Å². The molecule has 0 spiro atoms. The molecule has 1 saturated heterocycles. The molecule has 124 valence electrons. The van der Waals surface area contributed by atoms with Gasteiger partial charge in [-0.2, -0.15) is 0 Å². The average molecular weight is 329 g/mol. The van der Waals surface area contributed by atoms with Crippen LogP contribution in [0, 0.1) is 5.92 Å². The van der Waals surface area contributed by atoms with Crippen molar-refractivity contribution in [3.8, 4) is 0 Å². The summed E-state index contributed by atoms with van der Waals surface area (Å²) in [6.45, 7) is 5.35. The molecule has 22 heavy (non-hydrogen) atoms. The maximum atomic E-state index is 12.4. The molecule has 1 aliphatic rings. The van der Waals surface area contributed by atoms with Gasteiger partial charge in [0.2, 0.25) is 5.09 Å². The van der Waals surface area contributed by atoms with Gasteiger partial charge in [-0.15, -0.1) is 0 Å². The number of piperidine rings is 1. The van der Waals surface area contributed by atoms with Crippen LogP contribution >= 0.6 is 0 Å². The van der Waals surface area contributed by atoms with Gasteiger partial charge in [-0.1, -0.05) is 6.92 Å². The van der Waals surface area contributed by atoms with E-state index in [1.165, 1.54) is 19.2 Å². The summed E-state index contributed by atoms with van der Waals surface area (Å²) in [5, 5.41) is 3.09. The minimum absolute atomic E-state index is 0.0685. The second-order valence-electron chi connectivity index (χ2n) is 5.37. The van der Waals surface area contributed by atoms with Gasteiger partial charge in [0.05, 0.1) is 0 Å². The van der Waals surface area contributed by atoms with Crippen LogP contribution in [0.2, 0.25) is 0 Å². The standard InChI is InChI=1S/C14H23N3O4S/c1-3-16-10-11-6-8-17(9-7-11)14(18)12-4-5-13(21-12)22(19,20)15-2/h4-5,11,15-16H,3,6-10H2,1-2H3. The zero-order valence-electron chi connectivity index (χ0n) is 13.0. The van der Waals surface area contributed by atoms with Crippen LogP contribution in [0.4, 0.5) is 0 Å². The van der Waals surface area contributed by atoms with Crippen molar-refractivity contribution < 1.29 is 17.6 Å². The Bertz CT molecular complexity index is 603. The lowest BCUT2D eigenvalue weighted by atomic mass is 9.96. The number of carbonyl (C=O) groups excluding carboxylic acids is 1. The van der Waals surface area contributed by atoms with Crippen LogP contribution in [0.25, 0.3) is 0 Å². The van der Waals surface area contributed by atoms with Crippen molar-refractivity contribution in [2.45, 2.75) is 24.9 Å². The second-order valence-corrected chi connectivity index (χ2v) is 7.19. The summed E-state index contributed by atoms with van der Waals surface area (Å²) >= 11 is 0. The van der Waals surface area contributed by atoms with E-state index in [4.69, 9.17) is 4.42 Å². The number of nitrogens with one attached hydrogen (secondary N) is 2. The third-order valence-corrected chi connectivity index (χ3v) is 5.20. The monoisotopic (exact) mass is 329 g/mol. The third kappa shape index (κ3) is 3.88. The number of hydrogen-bond acceptors (Lipinski definition) is 5. The first-order valence-corrected chi connectivity index (χ1v) is 8.99. The lowest BCUT2D eigenvalue weighted by Gasteiger charge is -2.31. The topological polar surface area (TPSA) is 91.7 Å². The largest absolute Gasteiger partial charge is 0.438 e. The van der Waals surface area contributed by atoms with E-state index in [9.17, 15) is 13.2 Å². The minimum Gasteiger partial charge on any atom is -0.438 e. The predicted octanol–water partition coefficient (Wildman–Crippen LogP) is 0.649. The Morgan fingerprint density at radius 2 is 2.05 bits per heavy atom. The summed E-state index contributed by atoms with van der Waals surface area (Å²) in [7, 11) is -2.36. The van der Waals surface area contributed by atoms with Gasteiger partial charge in [-0.25, -0.2) is 13.1 Å². The number of sulfonamides is 1. The number of rotatable bonds is 6. The van der Waals surface area contributed by atoms with Crippen LogP contribution < -0.4 is 10.0 Å². The summed E-state index contributed by atoms with van der Waals surface area (Å²) in [6, 6.07) is 2.72. The van der Waals surface area contributed by atoms with E-state index in [0.717, 1.165) is 25.9 Å². The van der Waals surface area contributed by atoms with Crippen molar-refractivity contribution in [1.82, 2.24) is 14.9 Å². The molecule has 8 heteroatoms. The number of amides is 1. The third-order valence-electron chi connectivity index (χ3n) is 3.91. The van der Waals surface area contributed by atoms with Gasteiger partial charge >= 0.3 is 0 Å². The fourth-order valence-electron chi connectivity index (χ4n) is 2.52. The Morgan fingerprint density at radius 1 is 1.36 bits per heavy atom. The molecule has 0 atom stereocenters. The number of nitrogens with zero attached hydrogens (tertiary/aromatic N) is 1. The second kappa shape index (κ2) is 7.26. The highest BCUT2D eigenvalue weighted by molar-refractivity contribution is 7.89. The predicted molar refractivity (Wildman–Crippen MR) is 82.1 cm³/mol. The van der Waals surface area contributed by atoms with Gasteiger partial charge in [0.1, 0.15) is 0 Å². The van der Waals surface area contributed by atoms with Crippen molar-refractivity contribution in [1.29, 1.82) is 0 Å². The van der Waals surface area contributed by atoms with Crippen LogP contribution in [0.5, 0.6) is 0 Å². The van der Waals surface area contributed by atoms with E-state index in [2.05, 4.69) is 17.0 Å². The normalized spacial score (nSPS) is 16.9. The molecule has 2 heterocycles. The molecule has 0 aromatic carbocycles. The van der Waals surface area contributed by atoms with Crippen LogP contribution in [-0.2, 0) is 10.0 Å². The van der Waals surface area contributed by atoms with E-state index in [-0.39, 0.29) is 16.8 Å². The fraction of sp³-hybridized carbons (Fsp3) is 0.643. The summed E-state index contributed by atoms with van der Waals surface area (Å²) in [5.74, 6) is 0.402. The zero-order chi connectivity index (χ0) is 16.2. The zero-order valence-corrected chi connectivity index (χ0v) is 13.8. The summed E-state index contributed by atoms with van der Waals surface area (Å²) < 4.78 is 30.6. The molecular formula is C14H23N3O4S. The van der Waals surface area contributed by atoms with Crippen LogP contribution in [0.15, 0.2) is 21.6 Å². The van der Waals surface area contributed by atoms with Crippen LogP contribution in [-0.4, -0.2) is 52.5 Å². The fourth-order valence-corrected chi connectivity index (χ4v) is 3.17. The van der Waals surface area contributed by atoms with Crippen molar-refractivity contribution in [3.05, 3.63) is 17.9 Å². The molecule has 2 rings (SSSR count). The lowest BCUT2D eigenvalue weighted by molar-refractivity contribution is 0.0652. The Morgan fingerprint density at radius 3 is 2.64 bits per heavy atom. The van der Waals surface area contributed by atoms with Gasteiger partial charge in [0, 0.05) is 13.1 Å². The number of likely N-dealkylation sites (tertiary alicyclic amines) is 1. The molecule has 1 aromatic heterocycles. The summed E-state index contributed by atoms with van der Waals surface area (Å²) in [4.78, 5) is 14.1. The average Bonchev–Trinajstić information content (AvgIpc) is 3.03. The quantitative estimate of drug-likeness (QED) is 0.799.